The van der Waals surface area contributed by atoms with Crippen molar-refractivity contribution in [1.29, 1.82) is 0 Å². The Balaban J connectivity index is 4.15. The molecule has 0 heterocycles. The first-order valence-corrected chi connectivity index (χ1v) is 4.11. The number of hydrogen-bond acceptors (Lipinski definition) is 6. The van der Waals surface area contributed by atoms with Gasteiger partial charge in [-0.15, -0.1) is 0 Å². The number of hydrogen-bond donors (Lipinski definition) is 1. The van der Waals surface area contributed by atoms with Crippen LogP contribution < -0.4 is 0 Å². The second-order valence-corrected chi connectivity index (χ2v) is 2.54. The third-order valence-electron chi connectivity index (χ3n) is 0.623. The zero-order chi connectivity index (χ0) is 9.78. The van der Waals surface area contributed by atoms with Gasteiger partial charge in [0.15, 0.2) is 0 Å². The van der Waals surface area contributed by atoms with Crippen molar-refractivity contribution in [2.24, 2.45) is 0 Å². The van der Waals surface area contributed by atoms with Crippen LogP contribution in [0.25, 0.3) is 0 Å². The lowest BCUT2D eigenvalue weighted by Crippen LogP contribution is -2.23. The molecule has 1 N–H and O–H groups in total. The van der Waals surface area contributed by atoms with Crippen molar-refractivity contribution >= 4 is 22.3 Å². The molecule has 8 heteroatoms. The molecular weight excluding hydrogens is 192 g/mol. The first-order valence-electron chi connectivity index (χ1n) is 2.74. The maximum absolute atomic E-state index is 10.3. The summed E-state index contributed by atoms with van der Waals surface area (Å²) < 4.78 is 35.0. The van der Waals surface area contributed by atoms with E-state index in [1.807, 2.05) is 0 Å². The number of carbonyl (C=O) groups excluding carboxylic acids is 2. The molecule has 0 aromatic heterocycles. The molecule has 0 fully saturated rings. The molecule has 0 aliphatic rings. The van der Waals surface area contributed by atoms with Gasteiger partial charge in [0.2, 0.25) is 0 Å². The highest BCUT2D eigenvalue weighted by atomic mass is 32.3. The van der Waals surface area contributed by atoms with Gasteiger partial charge in [-0.3, -0.25) is 4.55 Å². The third-order valence-corrected chi connectivity index (χ3v) is 0.985. The second kappa shape index (κ2) is 4.02. The Morgan fingerprint density at radius 2 is 1.83 bits per heavy atom. The van der Waals surface area contributed by atoms with Crippen molar-refractivity contribution in [1.82, 2.24) is 0 Å². The number of rotatable bonds is 2. The summed E-state index contributed by atoms with van der Waals surface area (Å²) in [5.41, 5.74) is 0. The number of ether oxygens (including phenoxy) is 1. The molecular formula is C4H6O7S. The molecule has 0 bridgehead atoms. The van der Waals surface area contributed by atoms with E-state index in [1.165, 1.54) is 6.92 Å². The minimum atomic E-state index is -4.94. The van der Waals surface area contributed by atoms with Crippen molar-refractivity contribution in [2.75, 3.05) is 6.61 Å². The molecule has 0 radical (unpaired) electrons. The highest BCUT2D eigenvalue weighted by Crippen LogP contribution is 1.90. The van der Waals surface area contributed by atoms with Crippen LogP contribution in [0.4, 0.5) is 0 Å². The zero-order valence-corrected chi connectivity index (χ0v) is 6.83. The Labute approximate surface area is 68.2 Å². The average Bonchev–Trinajstić information content (AvgIpc) is 1.84. The maximum Gasteiger partial charge on any atom is 0.449 e. The van der Waals surface area contributed by atoms with Crippen molar-refractivity contribution in [2.45, 2.75) is 6.92 Å². The zero-order valence-electron chi connectivity index (χ0n) is 6.01. The van der Waals surface area contributed by atoms with Crippen LogP contribution in [0.3, 0.4) is 0 Å². The lowest BCUT2D eigenvalue weighted by Gasteiger charge is -1.98. The topological polar surface area (TPSA) is 107 Å². The lowest BCUT2D eigenvalue weighted by molar-refractivity contribution is -0.161. The molecule has 0 aliphatic heterocycles. The van der Waals surface area contributed by atoms with Crippen molar-refractivity contribution < 1.29 is 31.5 Å². The smallest absolute Gasteiger partial charge is 0.449 e. The molecule has 0 saturated heterocycles. The molecule has 70 valence electrons. The van der Waals surface area contributed by atoms with Gasteiger partial charge in [-0.05, 0) is 6.92 Å². The quantitative estimate of drug-likeness (QED) is 0.340. The fourth-order valence-corrected chi connectivity index (χ4v) is 0.579. The molecule has 0 unspecified atom stereocenters. The molecule has 7 nitrogen and oxygen atoms in total. The van der Waals surface area contributed by atoms with Crippen molar-refractivity contribution in [3.05, 3.63) is 0 Å². The van der Waals surface area contributed by atoms with Crippen LogP contribution in [-0.4, -0.2) is 31.5 Å². The molecule has 0 amide bonds. The van der Waals surface area contributed by atoms with Crippen LogP contribution >= 0.6 is 0 Å². The largest absolute Gasteiger partial charge is 0.458 e. The molecule has 0 saturated carbocycles. The van der Waals surface area contributed by atoms with Crippen LogP contribution in [0.15, 0.2) is 0 Å². The minimum absolute atomic E-state index is 0.0978. The predicted octanol–water partition coefficient (Wildman–Crippen LogP) is -1.10. The van der Waals surface area contributed by atoms with E-state index in [1.54, 1.807) is 0 Å². The van der Waals surface area contributed by atoms with E-state index in [2.05, 4.69) is 8.92 Å². The minimum Gasteiger partial charge on any atom is -0.458 e. The monoisotopic (exact) mass is 198 g/mol. The van der Waals surface area contributed by atoms with Crippen LogP contribution in [-0.2, 0) is 28.9 Å². The van der Waals surface area contributed by atoms with Gasteiger partial charge in [0.05, 0.1) is 6.61 Å². The summed E-state index contributed by atoms with van der Waals surface area (Å²) in [6.45, 7) is 1.32. The molecule has 0 aliphatic carbocycles. The van der Waals surface area contributed by atoms with E-state index in [0.717, 1.165) is 0 Å². The van der Waals surface area contributed by atoms with Gasteiger partial charge in [0.1, 0.15) is 0 Å². The Morgan fingerprint density at radius 3 is 2.17 bits per heavy atom. The highest BCUT2D eigenvalue weighted by molar-refractivity contribution is 7.81. The summed E-state index contributed by atoms with van der Waals surface area (Å²) in [6, 6.07) is 0. The second-order valence-electron chi connectivity index (χ2n) is 1.52. The van der Waals surface area contributed by atoms with E-state index >= 15 is 0 Å². The Hall–Kier alpha value is -1.15. The van der Waals surface area contributed by atoms with E-state index in [4.69, 9.17) is 4.55 Å². The third kappa shape index (κ3) is 4.63. The van der Waals surface area contributed by atoms with Gasteiger partial charge in [-0.25, -0.2) is 9.59 Å². The maximum atomic E-state index is 10.3. The lowest BCUT2D eigenvalue weighted by atomic mass is 10.7. The first kappa shape index (κ1) is 10.8. The van der Waals surface area contributed by atoms with Crippen molar-refractivity contribution in [3.63, 3.8) is 0 Å². The van der Waals surface area contributed by atoms with Crippen molar-refractivity contribution in [3.8, 4) is 0 Å². The molecule has 0 aromatic carbocycles. The Bertz CT molecular complexity index is 276. The number of esters is 1. The van der Waals surface area contributed by atoms with E-state index in [0.29, 0.717) is 0 Å². The van der Waals surface area contributed by atoms with Gasteiger partial charge in [-0.2, -0.15) is 8.42 Å². The van der Waals surface area contributed by atoms with E-state index < -0.39 is 22.3 Å². The van der Waals surface area contributed by atoms with Crippen LogP contribution in [0.2, 0.25) is 0 Å². The fourth-order valence-electron chi connectivity index (χ4n) is 0.320. The molecule has 12 heavy (non-hydrogen) atoms. The average molecular weight is 198 g/mol. The first-order chi connectivity index (χ1) is 5.37. The van der Waals surface area contributed by atoms with Crippen LogP contribution in [0.1, 0.15) is 6.92 Å². The highest BCUT2D eigenvalue weighted by Gasteiger charge is 2.22. The van der Waals surface area contributed by atoms with Gasteiger partial charge in [0.25, 0.3) is 0 Å². The van der Waals surface area contributed by atoms with Gasteiger partial charge >= 0.3 is 22.3 Å². The Morgan fingerprint density at radius 1 is 1.33 bits per heavy atom. The number of carbonyl (C=O) groups is 2. The standard InChI is InChI=1S/C4H6O7S/c1-2-10-3(5)4(6)11-12(7,8)9/h2H2,1H3,(H,7,8,9). The molecule has 0 spiro atoms. The van der Waals surface area contributed by atoms with Gasteiger partial charge < -0.3 is 8.92 Å². The van der Waals surface area contributed by atoms with Crippen LogP contribution in [0, 0.1) is 0 Å². The van der Waals surface area contributed by atoms with E-state index in [9.17, 15) is 18.0 Å². The summed E-state index contributed by atoms with van der Waals surface area (Å²) in [7, 11) is -4.94. The molecule has 0 atom stereocenters. The van der Waals surface area contributed by atoms with Crippen LogP contribution in [0.5, 0.6) is 0 Å². The SMILES string of the molecule is CCOC(=O)C(=O)OS(=O)(=O)O. The Kier molecular flexibility index (Phi) is 3.64. The summed E-state index contributed by atoms with van der Waals surface area (Å²) >= 11 is 0. The summed E-state index contributed by atoms with van der Waals surface area (Å²) in [6.07, 6.45) is 0. The van der Waals surface area contributed by atoms with Gasteiger partial charge in [0, 0.05) is 0 Å². The summed E-state index contributed by atoms with van der Waals surface area (Å²) in [5.74, 6) is -3.26. The summed E-state index contributed by atoms with van der Waals surface area (Å²) in [5, 5.41) is 0. The van der Waals surface area contributed by atoms with Gasteiger partial charge in [-0.1, -0.05) is 0 Å². The molecule has 0 aromatic rings. The summed E-state index contributed by atoms with van der Waals surface area (Å²) in [4.78, 5) is 20.7. The predicted molar refractivity (Wildman–Crippen MR) is 34.3 cm³/mol. The van der Waals surface area contributed by atoms with E-state index in [-0.39, 0.29) is 6.61 Å². The molecule has 0 rings (SSSR count). The fraction of sp³-hybridized carbons (Fsp3) is 0.500. The normalized spacial score (nSPS) is 10.5.